The summed E-state index contributed by atoms with van der Waals surface area (Å²) in [6, 6.07) is 62.9. The van der Waals surface area contributed by atoms with Crippen molar-refractivity contribution in [2.24, 2.45) is 0 Å². The van der Waals surface area contributed by atoms with Crippen LogP contribution in [0.25, 0.3) is 0 Å². The van der Waals surface area contributed by atoms with Crippen molar-refractivity contribution >= 4 is 217 Å². The zero-order valence-electron chi connectivity index (χ0n) is 53.5. The Kier molecular flexibility index (Phi) is 116. The summed E-state index contributed by atoms with van der Waals surface area (Å²) >= 11 is 9.53. The molecule has 10 rings (SSSR count). The van der Waals surface area contributed by atoms with Crippen molar-refractivity contribution in [1.29, 1.82) is 0 Å². The second-order valence-electron chi connectivity index (χ2n) is 18.3. The normalized spacial score (nSPS) is 11.5. The molecule has 0 saturated carbocycles. The minimum absolute atomic E-state index is 0. The minimum Gasteiger partial charge on any atom is -1.00 e. The van der Waals surface area contributed by atoms with Gasteiger partial charge in [0.15, 0.2) is 15.8 Å². The average Bonchev–Trinajstić information content (AvgIpc) is 4.13. The van der Waals surface area contributed by atoms with Crippen LogP contribution in [0.3, 0.4) is 0 Å². The van der Waals surface area contributed by atoms with Crippen LogP contribution in [0.2, 0.25) is 0 Å². The maximum absolute atomic E-state index is 4.76. The van der Waals surface area contributed by atoms with Crippen LogP contribution in [-0.4, -0.2) is 272 Å². The number of hydrogen-bond acceptors (Lipinski definition) is 4. The van der Waals surface area contributed by atoms with Crippen molar-refractivity contribution in [1.82, 2.24) is 19.6 Å². The molecule has 4 aliphatic rings. The van der Waals surface area contributed by atoms with Crippen LogP contribution in [0.5, 0.6) is 0 Å². The monoisotopic (exact) mass is 2000 g/mol. The summed E-state index contributed by atoms with van der Waals surface area (Å²) in [5, 5.41) is 11.7. The van der Waals surface area contributed by atoms with E-state index in [0.717, 1.165) is 52.4 Å². The fraction of sp³-hybridized carbons (Fsp3) is 0.298. The molecular weight excluding hydrogens is 1930 g/mol. The predicted molar refractivity (Wildman–Crippen MR) is 338 cm³/mol. The second kappa shape index (κ2) is 74.8. The average molecular weight is 2010 g/mol. The van der Waals surface area contributed by atoms with Crippen LogP contribution < -0.4 is 155 Å². The third kappa shape index (κ3) is 36.1. The molecule has 0 unspecified atom stereocenters. The minimum atomic E-state index is -0.696. The summed E-state index contributed by atoms with van der Waals surface area (Å²) in [5.74, 6) is 0. The van der Waals surface area contributed by atoms with E-state index in [-0.39, 0.29) is 216 Å². The van der Waals surface area contributed by atoms with Gasteiger partial charge in [-0.25, -0.2) is 0 Å². The van der Waals surface area contributed by atoms with Crippen LogP contribution in [0, 0.1) is 0 Å². The number of alkyl halides is 2. The number of rotatable bonds is 12. The molecule has 0 atom stereocenters. The Hall–Kier alpha value is -2.91. The summed E-state index contributed by atoms with van der Waals surface area (Å²) in [7, 11) is 15.4. The molecule has 8 nitrogen and oxygen atoms in total. The van der Waals surface area contributed by atoms with E-state index in [9.17, 15) is 0 Å². The molecule has 0 saturated heterocycles. The Morgan fingerprint density at radius 2 is 0.384 bits per heavy atom. The molecule has 42 heteroatoms. The van der Waals surface area contributed by atoms with E-state index in [1.54, 1.807) is 0 Å². The quantitative estimate of drug-likeness (QED) is 0.0401. The third-order valence-electron chi connectivity index (χ3n) is 13.4. The van der Waals surface area contributed by atoms with Gasteiger partial charge in [0.1, 0.15) is 52.4 Å². The number of likely N-dealkylation sites (N-methyl/N-ethyl adjacent to an activating group) is 8. The van der Waals surface area contributed by atoms with Crippen molar-refractivity contribution < 1.29 is 131 Å². The summed E-state index contributed by atoms with van der Waals surface area (Å²) in [4.78, 5) is 9.96. The van der Waals surface area contributed by atoms with Crippen LogP contribution in [0.1, 0.15) is 0 Å². The third-order valence-corrected chi connectivity index (χ3v) is 24.8. The molecule has 0 fully saturated rings. The molecule has 0 aliphatic carbocycles. The summed E-state index contributed by atoms with van der Waals surface area (Å²) in [6.07, 6.45) is 0. The van der Waals surface area contributed by atoms with Gasteiger partial charge < -0.3 is 113 Å². The van der Waals surface area contributed by atoms with Gasteiger partial charge in [-0.15, -0.1) is 23.2 Å². The molecule has 0 aromatic heterocycles. The SMILES string of the molecule is CN1CC[N+](C)=C1P(C1=[N+](C)CCN1C)c1ccccc1P(c1ccccc1)c1ccccc1.CN1CC[N+](C)=C1P(C1=[N+](C)CCN1C)c1ccccc1P(c1ccccc1)c1ccccc1.ClCCl.[F-].[F-].[F-].[F-].[F-].[F-].[F-].[F-].[F-].[F-].[F-].[F-].[F-].[F-].[F-].[F-].[F-].[F-].[F-].[F-].[F-].[F-].[F-].[F-].[Sb+5].[Sb+5].[Sb+5].[Sb+5]. The van der Waals surface area contributed by atoms with Gasteiger partial charge in [0.25, 0.3) is 22.3 Å². The van der Waals surface area contributed by atoms with E-state index in [1.807, 2.05) is 0 Å². The van der Waals surface area contributed by atoms with Crippen LogP contribution >= 0.6 is 54.9 Å². The largest absolute Gasteiger partial charge is 5.00 e. The standard InChI is InChI=1S/2C28H34N4P2.CH2Cl2.24FH.4Sb/c2*1-29-19-20-30(2)27(29)34(28-31(3)21-22-32(28)4)26-18-12-11-17-25(26)33(23-13-7-5-8-14-23)24-15-9-6-10-16-24;2-1-3;;;;;;;;;;;;;;;;;;;;;;;;;;;;/h2*5-18H,19-22H2,1-4H3;1H2;24*1H;;;;/q2*+2;;;;;;;;;;;;;;;;;;;;;;;;;;4*+5/p-24. The topological polar surface area (TPSA) is 25.0 Å². The predicted octanol–water partition coefficient (Wildman–Crippen LogP) is -67.1. The van der Waals surface area contributed by atoms with Gasteiger partial charge in [-0.05, 0) is 47.7 Å². The van der Waals surface area contributed by atoms with Gasteiger partial charge >= 0.3 is 97.7 Å². The number of amidine groups is 4. The van der Waals surface area contributed by atoms with E-state index < -0.39 is 31.7 Å². The molecule has 6 aromatic carbocycles. The van der Waals surface area contributed by atoms with Crippen molar-refractivity contribution in [3.05, 3.63) is 170 Å². The summed E-state index contributed by atoms with van der Waals surface area (Å²) in [6.45, 7) is 8.66. The number of benzene rings is 6. The maximum Gasteiger partial charge on any atom is 5.00 e. The molecule has 560 valence electrons. The molecular formula is C57H70Cl2F24N8P4Sb4. The summed E-state index contributed by atoms with van der Waals surface area (Å²) in [5.41, 5.74) is 5.87. The first kappa shape index (κ1) is 154. The number of nitrogens with zero attached hydrogens (tertiary/aromatic N) is 8. The first-order valence-electron chi connectivity index (χ1n) is 24.4. The van der Waals surface area contributed by atoms with Gasteiger partial charge in [0, 0.05) is 10.6 Å². The van der Waals surface area contributed by atoms with Gasteiger partial charge in [-0.2, -0.15) is 0 Å². The van der Waals surface area contributed by atoms with Crippen molar-refractivity contribution in [2.45, 2.75) is 0 Å². The van der Waals surface area contributed by atoms with E-state index in [0.29, 0.717) is 0 Å². The molecule has 0 amide bonds. The fourth-order valence-electron chi connectivity index (χ4n) is 9.99. The Morgan fingerprint density at radius 3 is 0.515 bits per heavy atom. The van der Waals surface area contributed by atoms with Gasteiger partial charge in [-0.1, -0.05) is 170 Å². The molecule has 0 bridgehead atoms. The molecule has 99 heavy (non-hydrogen) atoms. The van der Waals surface area contributed by atoms with Crippen molar-refractivity contribution in [3.63, 3.8) is 0 Å². The van der Waals surface area contributed by atoms with Crippen molar-refractivity contribution in [3.8, 4) is 0 Å². The molecule has 6 aromatic rings. The Bertz CT molecular complexity index is 2630. The number of hydrogen-bond donors (Lipinski definition) is 0. The summed E-state index contributed by atoms with van der Waals surface area (Å²) < 4.78 is 9.96. The first-order chi connectivity index (χ1) is 34.5. The van der Waals surface area contributed by atoms with E-state index >= 15 is 0 Å². The second-order valence-corrected chi connectivity index (χ2v) is 27.4. The molecule has 4 heterocycles. The number of halogens is 26. The van der Waals surface area contributed by atoms with Gasteiger partial charge in [0.2, 0.25) is 0 Å². The molecule has 0 N–H and O–H groups in total. The van der Waals surface area contributed by atoms with Gasteiger partial charge in [0.05, 0.1) is 61.7 Å². The van der Waals surface area contributed by atoms with E-state index in [2.05, 4.69) is 264 Å². The Balaban J connectivity index is -0.0000000489. The van der Waals surface area contributed by atoms with Crippen molar-refractivity contribution in [2.75, 3.05) is 114 Å². The maximum atomic E-state index is 4.76. The zero-order chi connectivity index (χ0) is 50.0. The van der Waals surface area contributed by atoms with Gasteiger partial charge in [-0.3, -0.25) is 37.9 Å². The fourth-order valence-corrected chi connectivity index (χ4v) is 21.7. The van der Waals surface area contributed by atoms with Crippen LogP contribution in [0.4, 0.5) is 0 Å². The van der Waals surface area contributed by atoms with E-state index in [4.69, 9.17) is 23.2 Å². The van der Waals surface area contributed by atoms with Crippen LogP contribution in [0.15, 0.2) is 170 Å². The Morgan fingerprint density at radius 1 is 0.253 bits per heavy atom. The smallest absolute Gasteiger partial charge is 1.00 e. The van der Waals surface area contributed by atoms with E-state index in [1.165, 1.54) is 64.7 Å². The zero-order valence-corrected chi connectivity index (χ0v) is 68.8. The first-order valence-corrected chi connectivity index (χ1v) is 30.8. The molecule has 4 aliphatic heterocycles. The molecule has 0 radical (unpaired) electrons. The van der Waals surface area contributed by atoms with Crippen LogP contribution in [-0.2, 0) is 0 Å². The Labute approximate surface area is 646 Å². The molecule has 0 spiro atoms.